The second kappa shape index (κ2) is 6.67. The lowest BCUT2D eigenvalue weighted by atomic mass is 10.3. The van der Waals surface area contributed by atoms with E-state index < -0.39 is 27.0 Å². The van der Waals surface area contributed by atoms with Gasteiger partial charge in [-0.3, -0.25) is 0 Å². The Morgan fingerprint density at radius 1 is 0.765 bits per heavy atom. The van der Waals surface area contributed by atoms with Crippen LogP contribution in [0.2, 0.25) is 0 Å². The van der Waals surface area contributed by atoms with Crippen molar-refractivity contribution in [2.75, 3.05) is 18.3 Å². The van der Waals surface area contributed by atoms with Crippen LogP contribution in [0.15, 0.2) is 0 Å². The summed E-state index contributed by atoms with van der Waals surface area (Å²) in [7, 11) is -7.44. The second-order valence-corrected chi connectivity index (χ2v) is 7.96. The highest BCUT2D eigenvalue weighted by Gasteiger charge is 2.18. The lowest BCUT2D eigenvalue weighted by Crippen LogP contribution is -2.20. The van der Waals surface area contributed by atoms with Crippen LogP contribution in [0.4, 0.5) is 0 Å². The fourth-order valence-corrected chi connectivity index (χ4v) is 3.35. The molecule has 0 fully saturated rings. The maximum Gasteiger partial charge on any atom is 0.269 e. The second-order valence-electron chi connectivity index (χ2n) is 4.59. The van der Waals surface area contributed by atoms with Gasteiger partial charge < -0.3 is 0 Å². The summed E-state index contributed by atoms with van der Waals surface area (Å²) >= 11 is 0. The Balaban J connectivity index is 4.16. The first-order valence-corrected chi connectivity index (χ1v) is 8.44. The molecule has 0 saturated heterocycles. The van der Waals surface area contributed by atoms with E-state index in [0.717, 1.165) is 0 Å². The molecule has 0 radical (unpaired) electrons. The molecule has 0 aromatic rings. The molecule has 8 heteroatoms. The predicted molar refractivity (Wildman–Crippen MR) is 64.3 cm³/mol. The van der Waals surface area contributed by atoms with Gasteiger partial charge in [0.25, 0.3) is 20.2 Å². The van der Waals surface area contributed by atoms with E-state index in [1.807, 2.05) is 0 Å². The molecule has 0 N–H and O–H groups in total. The third kappa shape index (κ3) is 9.51. The molecule has 0 bridgehead atoms. The Morgan fingerprint density at radius 2 is 1.06 bits per heavy atom. The molecule has 0 aliphatic carbocycles. The standard InChI is InChI=1S/C9H20O6S2/c1-8(2)5-16(10,11)14-7-15-17(12,13)6-9(3)4/h8-9H,5-7H2,1-4H3. The number of hydrogen-bond acceptors (Lipinski definition) is 6. The predicted octanol–water partition coefficient (Wildman–Crippen LogP) is 0.949. The summed E-state index contributed by atoms with van der Waals surface area (Å²) in [6.07, 6.45) is 0. The van der Waals surface area contributed by atoms with E-state index >= 15 is 0 Å². The number of rotatable bonds is 8. The summed E-state index contributed by atoms with van der Waals surface area (Å²) < 4.78 is 53.9. The van der Waals surface area contributed by atoms with Gasteiger partial charge in [0.15, 0.2) is 6.79 Å². The van der Waals surface area contributed by atoms with Crippen LogP contribution in [-0.2, 0) is 28.6 Å². The molecule has 0 unspecified atom stereocenters. The van der Waals surface area contributed by atoms with Crippen molar-refractivity contribution < 1.29 is 25.2 Å². The zero-order valence-corrected chi connectivity index (χ0v) is 12.2. The van der Waals surface area contributed by atoms with Gasteiger partial charge in [-0.15, -0.1) is 0 Å². The van der Waals surface area contributed by atoms with Crippen molar-refractivity contribution >= 4 is 20.2 Å². The van der Waals surface area contributed by atoms with Crippen LogP contribution in [0.1, 0.15) is 27.7 Å². The largest absolute Gasteiger partial charge is 0.269 e. The van der Waals surface area contributed by atoms with Gasteiger partial charge in [-0.1, -0.05) is 27.7 Å². The molecule has 0 amide bonds. The average molecular weight is 288 g/mol. The van der Waals surface area contributed by atoms with Gasteiger partial charge in [-0.25, -0.2) is 8.37 Å². The van der Waals surface area contributed by atoms with E-state index in [9.17, 15) is 16.8 Å². The smallest absolute Gasteiger partial charge is 0.240 e. The monoisotopic (exact) mass is 288 g/mol. The summed E-state index contributed by atoms with van der Waals surface area (Å²) in [5, 5.41) is 0. The zero-order valence-electron chi connectivity index (χ0n) is 10.5. The van der Waals surface area contributed by atoms with Crippen molar-refractivity contribution in [1.82, 2.24) is 0 Å². The molecule has 0 aliphatic rings. The van der Waals surface area contributed by atoms with E-state index in [1.165, 1.54) is 0 Å². The Hall–Kier alpha value is -0.180. The molecular weight excluding hydrogens is 268 g/mol. The first-order valence-electron chi connectivity index (χ1n) is 5.28. The van der Waals surface area contributed by atoms with Crippen LogP contribution >= 0.6 is 0 Å². The summed E-state index contributed by atoms with van der Waals surface area (Å²) in [6, 6.07) is 0. The van der Waals surface area contributed by atoms with E-state index in [4.69, 9.17) is 0 Å². The quantitative estimate of drug-likeness (QED) is 0.488. The highest BCUT2D eigenvalue weighted by atomic mass is 32.2. The Labute approximate surface area is 104 Å². The van der Waals surface area contributed by atoms with Crippen LogP contribution < -0.4 is 0 Å². The first-order chi connectivity index (χ1) is 7.54. The van der Waals surface area contributed by atoms with Crippen molar-refractivity contribution in [3.63, 3.8) is 0 Å². The lowest BCUT2D eigenvalue weighted by Gasteiger charge is -2.09. The summed E-state index contributed by atoms with van der Waals surface area (Å²) in [6.45, 7) is 6.09. The van der Waals surface area contributed by atoms with E-state index in [-0.39, 0.29) is 23.3 Å². The van der Waals surface area contributed by atoms with Gasteiger partial charge >= 0.3 is 0 Å². The normalized spacial score (nSPS) is 13.5. The van der Waals surface area contributed by atoms with Crippen LogP contribution in [0.5, 0.6) is 0 Å². The maximum atomic E-state index is 11.3. The Kier molecular flexibility index (Phi) is 6.60. The van der Waals surface area contributed by atoms with Crippen LogP contribution in [0.25, 0.3) is 0 Å². The third-order valence-corrected chi connectivity index (χ3v) is 4.59. The van der Waals surface area contributed by atoms with Crippen molar-refractivity contribution in [2.45, 2.75) is 27.7 Å². The van der Waals surface area contributed by atoms with Gasteiger partial charge in [-0.2, -0.15) is 16.8 Å². The lowest BCUT2D eigenvalue weighted by molar-refractivity contribution is 0.131. The molecule has 0 saturated carbocycles. The van der Waals surface area contributed by atoms with Crippen molar-refractivity contribution in [3.05, 3.63) is 0 Å². The fourth-order valence-electron chi connectivity index (χ4n) is 1.08. The van der Waals surface area contributed by atoms with Crippen molar-refractivity contribution in [2.24, 2.45) is 11.8 Å². The minimum atomic E-state index is -3.72. The summed E-state index contributed by atoms with van der Waals surface area (Å²) in [5.41, 5.74) is 0. The molecule has 6 nitrogen and oxygen atoms in total. The third-order valence-electron chi connectivity index (χ3n) is 1.53. The SMILES string of the molecule is CC(C)CS(=O)(=O)OCOS(=O)(=O)CC(C)C. The molecule has 0 spiro atoms. The van der Waals surface area contributed by atoms with Gasteiger partial charge in [0.2, 0.25) is 0 Å². The van der Waals surface area contributed by atoms with Gasteiger partial charge in [0, 0.05) is 0 Å². The minimum Gasteiger partial charge on any atom is -0.240 e. The summed E-state index contributed by atoms with van der Waals surface area (Å²) in [5.74, 6) is -0.513. The van der Waals surface area contributed by atoms with Crippen LogP contribution in [0, 0.1) is 11.8 Å². The fraction of sp³-hybridized carbons (Fsp3) is 1.00. The van der Waals surface area contributed by atoms with Gasteiger partial charge in [0.05, 0.1) is 11.5 Å². The topological polar surface area (TPSA) is 86.7 Å². The Bertz CT molecular complexity index is 367. The summed E-state index contributed by atoms with van der Waals surface area (Å²) in [4.78, 5) is 0. The zero-order chi connectivity index (χ0) is 13.7. The van der Waals surface area contributed by atoms with Gasteiger partial charge in [0.1, 0.15) is 0 Å². The molecule has 0 aliphatic heterocycles. The van der Waals surface area contributed by atoms with Crippen molar-refractivity contribution in [3.8, 4) is 0 Å². The molecule has 104 valence electrons. The highest BCUT2D eigenvalue weighted by Crippen LogP contribution is 2.06. The van der Waals surface area contributed by atoms with Crippen molar-refractivity contribution in [1.29, 1.82) is 0 Å². The molecule has 0 heterocycles. The molecule has 0 rings (SSSR count). The maximum absolute atomic E-state index is 11.3. The molecule has 0 atom stereocenters. The minimum absolute atomic E-state index is 0.0905. The van der Waals surface area contributed by atoms with E-state index in [0.29, 0.717) is 0 Å². The molecular formula is C9H20O6S2. The van der Waals surface area contributed by atoms with E-state index in [2.05, 4.69) is 8.37 Å². The number of hydrogen-bond donors (Lipinski definition) is 0. The van der Waals surface area contributed by atoms with Gasteiger partial charge in [-0.05, 0) is 11.8 Å². The molecule has 17 heavy (non-hydrogen) atoms. The highest BCUT2D eigenvalue weighted by molar-refractivity contribution is 7.87. The molecule has 0 aromatic carbocycles. The first kappa shape index (κ1) is 16.8. The molecule has 0 aromatic heterocycles. The Morgan fingerprint density at radius 3 is 1.29 bits per heavy atom. The van der Waals surface area contributed by atoms with Crippen LogP contribution in [-0.4, -0.2) is 35.1 Å². The average Bonchev–Trinajstić information content (AvgIpc) is 1.96. The van der Waals surface area contributed by atoms with E-state index in [1.54, 1.807) is 27.7 Å². The van der Waals surface area contributed by atoms with Crippen LogP contribution in [0.3, 0.4) is 0 Å².